The molecular weight excluding hydrogens is 197 g/mol. The van der Waals surface area contributed by atoms with Crippen LogP contribution in [0.15, 0.2) is 18.5 Å². The Balaban J connectivity index is 2.53. The van der Waals surface area contributed by atoms with Crippen LogP contribution in [0.3, 0.4) is 0 Å². The van der Waals surface area contributed by atoms with E-state index in [0.717, 1.165) is 11.8 Å². The second kappa shape index (κ2) is 5.41. The van der Waals surface area contributed by atoms with Gasteiger partial charge in [-0.3, -0.25) is 9.78 Å². The van der Waals surface area contributed by atoms with Crippen molar-refractivity contribution in [2.75, 3.05) is 13.6 Å². The van der Waals surface area contributed by atoms with Crippen LogP contribution in [-0.2, 0) is 4.79 Å². The first-order valence-corrected chi connectivity index (χ1v) is 4.68. The van der Waals surface area contributed by atoms with Crippen LogP contribution in [-0.4, -0.2) is 24.5 Å². The molecule has 1 rings (SSSR count). The molecule has 2 N–H and O–H groups in total. The zero-order valence-corrected chi connectivity index (χ0v) is 8.75. The van der Waals surface area contributed by atoms with E-state index in [-0.39, 0.29) is 24.3 Å². The molecule has 1 unspecified atom stereocenters. The summed E-state index contributed by atoms with van der Waals surface area (Å²) in [6.45, 7) is 2.05. The van der Waals surface area contributed by atoms with E-state index in [4.69, 9.17) is 0 Å². The third-order valence-electron chi connectivity index (χ3n) is 2.07. The van der Waals surface area contributed by atoms with Crippen molar-refractivity contribution in [1.82, 2.24) is 15.6 Å². The van der Waals surface area contributed by atoms with Crippen LogP contribution in [0.4, 0.5) is 4.39 Å². The summed E-state index contributed by atoms with van der Waals surface area (Å²) < 4.78 is 12.8. The predicted molar refractivity (Wildman–Crippen MR) is 54.7 cm³/mol. The zero-order chi connectivity index (χ0) is 11.3. The van der Waals surface area contributed by atoms with E-state index in [9.17, 15) is 9.18 Å². The fourth-order valence-corrected chi connectivity index (χ4v) is 1.12. The Labute approximate surface area is 87.9 Å². The number of rotatable bonds is 4. The molecule has 1 amide bonds. The summed E-state index contributed by atoms with van der Waals surface area (Å²) in [6, 6.07) is 1.29. The highest BCUT2D eigenvalue weighted by atomic mass is 19.1. The molecule has 0 aliphatic carbocycles. The lowest BCUT2D eigenvalue weighted by molar-refractivity contribution is -0.119. The highest BCUT2D eigenvalue weighted by Gasteiger charge is 2.07. The van der Waals surface area contributed by atoms with Crippen LogP contribution in [0.25, 0.3) is 0 Å². The highest BCUT2D eigenvalue weighted by Crippen LogP contribution is 2.11. The van der Waals surface area contributed by atoms with Crippen LogP contribution >= 0.6 is 0 Å². The average Bonchev–Trinajstić information content (AvgIpc) is 2.25. The van der Waals surface area contributed by atoms with Crippen LogP contribution in [0.1, 0.15) is 18.5 Å². The van der Waals surface area contributed by atoms with Gasteiger partial charge >= 0.3 is 0 Å². The monoisotopic (exact) mass is 211 g/mol. The molecule has 0 aromatic carbocycles. The summed E-state index contributed by atoms with van der Waals surface area (Å²) in [4.78, 5) is 14.7. The Morgan fingerprint density at radius 1 is 1.60 bits per heavy atom. The van der Waals surface area contributed by atoms with Crippen LogP contribution in [0.2, 0.25) is 0 Å². The second-order valence-corrected chi connectivity index (χ2v) is 3.21. The molecule has 1 atom stereocenters. The number of likely N-dealkylation sites (N-methyl/N-ethyl adjacent to an activating group) is 1. The Morgan fingerprint density at radius 2 is 2.33 bits per heavy atom. The normalized spacial score (nSPS) is 12.2. The lowest BCUT2D eigenvalue weighted by Gasteiger charge is -2.12. The van der Waals surface area contributed by atoms with Gasteiger partial charge < -0.3 is 10.6 Å². The van der Waals surface area contributed by atoms with Gasteiger partial charge in [0.1, 0.15) is 5.82 Å². The van der Waals surface area contributed by atoms with Gasteiger partial charge in [0, 0.05) is 19.3 Å². The third-order valence-corrected chi connectivity index (χ3v) is 2.07. The number of carbonyl (C=O) groups excluding carboxylic acids is 1. The van der Waals surface area contributed by atoms with Crippen molar-refractivity contribution in [1.29, 1.82) is 0 Å². The van der Waals surface area contributed by atoms with Crippen molar-refractivity contribution in [2.24, 2.45) is 0 Å². The molecule has 0 aliphatic heterocycles. The van der Waals surface area contributed by atoms with E-state index in [0.29, 0.717) is 0 Å². The van der Waals surface area contributed by atoms with Crippen LogP contribution in [0.5, 0.6) is 0 Å². The predicted octanol–water partition coefficient (Wildman–Crippen LogP) is 0.617. The van der Waals surface area contributed by atoms with E-state index < -0.39 is 0 Å². The standard InChI is InChI=1S/C10H14FN3O/c1-7(14-6-10(15)12-2)8-3-9(11)5-13-4-8/h3-5,7,14H,6H2,1-2H3,(H,12,15). The molecule has 0 aliphatic rings. The summed E-state index contributed by atoms with van der Waals surface area (Å²) in [5.74, 6) is -0.479. The van der Waals surface area contributed by atoms with Crippen molar-refractivity contribution in [3.8, 4) is 0 Å². The molecule has 0 saturated carbocycles. The molecule has 1 aromatic heterocycles. The Kier molecular flexibility index (Phi) is 4.17. The quantitative estimate of drug-likeness (QED) is 0.767. The number of aromatic nitrogens is 1. The van der Waals surface area contributed by atoms with E-state index in [1.807, 2.05) is 6.92 Å². The zero-order valence-electron chi connectivity index (χ0n) is 8.75. The first kappa shape index (κ1) is 11.6. The number of hydrogen-bond donors (Lipinski definition) is 2. The first-order chi connectivity index (χ1) is 7.13. The molecule has 4 nitrogen and oxygen atoms in total. The minimum absolute atomic E-state index is 0.105. The summed E-state index contributed by atoms with van der Waals surface area (Å²) in [6.07, 6.45) is 2.72. The van der Waals surface area contributed by atoms with E-state index >= 15 is 0 Å². The van der Waals surface area contributed by atoms with Gasteiger partial charge in [0.15, 0.2) is 0 Å². The van der Waals surface area contributed by atoms with Gasteiger partial charge in [0.05, 0.1) is 12.7 Å². The topological polar surface area (TPSA) is 54.0 Å². The maximum atomic E-state index is 12.8. The number of pyridine rings is 1. The van der Waals surface area contributed by atoms with Crippen molar-refractivity contribution >= 4 is 5.91 Å². The molecule has 0 bridgehead atoms. The minimum atomic E-state index is -0.374. The smallest absolute Gasteiger partial charge is 0.233 e. The molecule has 5 heteroatoms. The van der Waals surface area contributed by atoms with Crippen molar-refractivity contribution in [3.63, 3.8) is 0 Å². The average molecular weight is 211 g/mol. The van der Waals surface area contributed by atoms with E-state index in [1.54, 1.807) is 13.2 Å². The van der Waals surface area contributed by atoms with Gasteiger partial charge in [-0.25, -0.2) is 4.39 Å². The maximum absolute atomic E-state index is 12.8. The summed E-state index contributed by atoms with van der Waals surface area (Å²) >= 11 is 0. The molecule has 1 aromatic rings. The van der Waals surface area contributed by atoms with Crippen LogP contribution < -0.4 is 10.6 Å². The van der Waals surface area contributed by atoms with Gasteiger partial charge in [0.25, 0.3) is 0 Å². The van der Waals surface area contributed by atoms with E-state index in [1.165, 1.54) is 6.07 Å². The van der Waals surface area contributed by atoms with Gasteiger partial charge in [-0.05, 0) is 18.6 Å². The third kappa shape index (κ3) is 3.63. The molecular formula is C10H14FN3O. The largest absolute Gasteiger partial charge is 0.358 e. The lowest BCUT2D eigenvalue weighted by atomic mass is 10.1. The molecule has 15 heavy (non-hydrogen) atoms. The van der Waals surface area contributed by atoms with Gasteiger partial charge in [-0.2, -0.15) is 0 Å². The SMILES string of the molecule is CNC(=O)CNC(C)c1cncc(F)c1. The number of amides is 1. The number of hydrogen-bond acceptors (Lipinski definition) is 3. The van der Waals surface area contributed by atoms with Gasteiger partial charge in [-0.15, -0.1) is 0 Å². The fourth-order valence-electron chi connectivity index (χ4n) is 1.12. The minimum Gasteiger partial charge on any atom is -0.358 e. The summed E-state index contributed by atoms with van der Waals surface area (Å²) in [7, 11) is 1.57. The molecule has 0 spiro atoms. The van der Waals surface area contributed by atoms with Crippen molar-refractivity contribution in [2.45, 2.75) is 13.0 Å². The van der Waals surface area contributed by atoms with Crippen molar-refractivity contribution < 1.29 is 9.18 Å². The summed E-state index contributed by atoms with van der Waals surface area (Å²) in [5, 5.41) is 5.45. The Morgan fingerprint density at radius 3 is 2.93 bits per heavy atom. The number of nitrogens with one attached hydrogen (secondary N) is 2. The van der Waals surface area contributed by atoms with E-state index in [2.05, 4.69) is 15.6 Å². The van der Waals surface area contributed by atoms with Crippen molar-refractivity contribution in [3.05, 3.63) is 29.8 Å². The van der Waals surface area contributed by atoms with Crippen LogP contribution in [0, 0.1) is 5.82 Å². The number of halogens is 1. The van der Waals surface area contributed by atoms with Gasteiger partial charge in [0.2, 0.25) is 5.91 Å². The maximum Gasteiger partial charge on any atom is 0.233 e. The fraction of sp³-hybridized carbons (Fsp3) is 0.400. The number of carbonyl (C=O) groups is 1. The molecule has 1 heterocycles. The summed E-state index contributed by atoms with van der Waals surface area (Å²) in [5.41, 5.74) is 0.721. The highest BCUT2D eigenvalue weighted by molar-refractivity contribution is 5.77. The lowest BCUT2D eigenvalue weighted by Crippen LogP contribution is -2.32. The second-order valence-electron chi connectivity index (χ2n) is 3.21. The molecule has 0 fully saturated rings. The Bertz CT molecular complexity index is 343. The number of nitrogens with zero attached hydrogens (tertiary/aromatic N) is 1. The molecule has 0 saturated heterocycles. The first-order valence-electron chi connectivity index (χ1n) is 4.68. The molecule has 0 radical (unpaired) electrons. The Hall–Kier alpha value is -1.49. The van der Waals surface area contributed by atoms with Gasteiger partial charge in [-0.1, -0.05) is 0 Å². The molecule has 82 valence electrons.